The number of hydrogen-bond acceptors (Lipinski definition) is 3. The van der Waals surface area contributed by atoms with Crippen molar-refractivity contribution in [2.45, 2.75) is 12.8 Å². The Labute approximate surface area is 128 Å². The largest absolute Gasteiger partial charge is 0.306 e. The van der Waals surface area contributed by atoms with Gasteiger partial charge in [-0.1, -0.05) is 30.3 Å². The van der Waals surface area contributed by atoms with Crippen LogP contribution in [0.5, 0.6) is 0 Å². The highest BCUT2D eigenvalue weighted by molar-refractivity contribution is 7.92. The topological polar surface area (TPSA) is 40.6 Å². The predicted octanol–water partition coefficient (Wildman–Crippen LogP) is 2.26. The van der Waals surface area contributed by atoms with Gasteiger partial charge in [-0.15, -0.1) is 0 Å². The van der Waals surface area contributed by atoms with Gasteiger partial charge in [-0.05, 0) is 50.5 Å². The van der Waals surface area contributed by atoms with Gasteiger partial charge < -0.3 is 4.90 Å². The van der Waals surface area contributed by atoms with Gasteiger partial charge in [0.1, 0.15) is 0 Å². The molecule has 0 radical (unpaired) electrons. The van der Waals surface area contributed by atoms with E-state index in [2.05, 4.69) is 11.9 Å². The number of rotatable bonds is 5. The van der Waals surface area contributed by atoms with E-state index in [0.717, 1.165) is 31.5 Å². The third-order valence-corrected chi connectivity index (χ3v) is 5.52. The molecule has 1 saturated heterocycles. The smallest absolute Gasteiger partial charge is 0.235 e. The highest BCUT2D eigenvalue weighted by Gasteiger charge is 2.22. The quantitative estimate of drug-likeness (QED) is 0.838. The molecule has 1 aromatic carbocycles. The van der Waals surface area contributed by atoms with Gasteiger partial charge in [0, 0.05) is 19.0 Å². The molecule has 4 nitrogen and oxygen atoms in total. The highest BCUT2D eigenvalue weighted by atomic mass is 32.2. The van der Waals surface area contributed by atoms with E-state index >= 15 is 0 Å². The minimum atomic E-state index is -3.33. The zero-order valence-corrected chi connectivity index (χ0v) is 13.6. The van der Waals surface area contributed by atoms with Crippen LogP contribution in [0.15, 0.2) is 35.7 Å². The lowest BCUT2D eigenvalue weighted by Gasteiger charge is -2.30. The van der Waals surface area contributed by atoms with Gasteiger partial charge in [0.05, 0.1) is 0 Å². The minimum Gasteiger partial charge on any atom is -0.306 e. The highest BCUT2D eigenvalue weighted by Crippen LogP contribution is 2.18. The van der Waals surface area contributed by atoms with E-state index in [-0.39, 0.29) is 0 Å². The Morgan fingerprint density at radius 1 is 1.24 bits per heavy atom. The van der Waals surface area contributed by atoms with Crippen LogP contribution in [0.3, 0.4) is 0 Å². The first-order valence-electron chi connectivity index (χ1n) is 7.35. The molecule has 1 fully saturated rings. The number of sulfonamides is 1. The summed E-state index contributed by atoms with van der Waals surface area (Å²) in [6.07, 6.45) is 3.79. The maximum absolute atomic E-state index is 12.3. The van der Waals surface area contributed by atoms with Crippen LogP contribution in [0.25, 0.3) is 6.08 Å². The van der Waals surface area contributed by atoms with Crippen LogP contribution in [-0.2, 0) is 10.0 Å². The van der Waals surface area contributed by atoms with Gasteiger partial charge in [-0.3, -0.25) is 0 Å². The number of hydrogen-bond donors (Lipinski definition) is 0. The van der Waals surface area contributed by atoms with Gasteiger partial charge in [-0.2, -0.15) is 0 Å². The molecule has 0 amide bonds. The first-order valence-corrected chi connectivity index (χ1v) is 8.86. The third kappa shape index (κ3) is 4.95. The lowest BCUT2D eigenvalue weighted by atomic mass is 9.97. The molecule has 1 aliphatic heterocycles. The van der Waals surface area contributed by atoms with Crippen LogP contribution < -0.4 is 0 Å². The van der Waals surface area contributed by atoms with Crippen LogP contribution in [0.1, 0.15) is 18.4 Å². The van der Waals surface area contributed by atoms with Gasteiger partial charge in [0.15, 0.2) is 0 Å². The van der Waals surface area contributed by atoms with Crippen molar-refractivity contribution in [1.82, 2.24) is 9.21 Å². The summed E-state index contributed by atoms with van der Waals surface area (Å²) in [5.41, 5.74) is 0.897. The summed E-state index contributed by atoms with van der Waals surface area (Å²) in [6.45, 7) is 2.71. The Kier molecular flexibility index (Phi) is 5.56. The van der Waals surface area contributed by atoms with Crippen molar-refractivity contribution < 1.29 is 8.42 Å². The maximum atomic E-state index is 12.3. The second-order valence-corrected chi connectivity index (χ2v) is 7.71. The van der Waals surface area contributed by atoms with Crippen molar-refractivity contribution >= 4 is 16.1 Å². The molecule has 0 aliphatic carbocycles. The summed E-state index contributed by atoms with van der Waals surface area (Å²) < 4.78 is 26.0. The Balaban J connectivity index is 1.94. The van der Waals surface area contributed by atoms with Gasteiger partial charge in [0.25, 0.3) is 0 Å². The van der Waals surface area contributed by atoms with Crippen molar-refractivity contribution in [3.05, 3.63) is 41.3 Å². The van der Waals surface area contributed by atoms with Crippen molar-refractivity contribution in [2.75, 3.05) is 33.7 Å². The first kappa shape index (κ1) is 16.2. The first-order chi connectivity index (χ1) is 9.97. The monoisotopic (exact) mass is 308 g/mol. The molecule has 0 bridgehead atoms. The molecule has 0 spiro atoms. The summed E-state index contributed by atoms with van der Waals surface area (Å²) in [5.74, 6) is 0.464. The predicted molar refractivity (Wildman–Crippen MR) is 87.2 cm³/mol. The summed E-state index contributed by atoms with van der Waals surface area (Å²) in [4.78, 5) is 2.29. The van der Waals surface area contributed by atoms with Crippen molar-refractivity contribution in [3.63, 3.8) is 0 Å². The number of likely N-dealkylation sites (tertiary alicyclic amines) is 1. The molecule has 2 rings (SSSR count). The second-order valence-electron chi connectivity index (χ2n) is 5.79. The molecule has 1 heterocycles. The van der Waals surface area contributed by atoms with Gasteiger partial charge >= 0.3 is 0 Å². The van der Waals surface area contributed by atoms with Crippen LogP contribution >= 0.6 is 0 Å². The van der Waals surface area contributed by atoms with Gasteiger partial charge in [-0.25, -0.2) is 12.7 Å². The van der Waals surface area contributed by atoms with Crippen molar-refractivity contribution in [2.24, 2.45) is 5.92 Å². The average molecular weight is 308 g/mol. The summed E-state index contributed by atoms with van der Waals surface area (Å²) in [5, 5.41) is 1.30. The Morgan fingerprint density at radius 2 is 1.86 bits per heavy atom. The zero-order valence-electron chi connectivity index (χ0n) is 12.8. The fourth-order valence-corrected chi connectivity index (χ4v) is 3.50. The van der Waals surface area contributed by atoms with E-state index < -0.39 is 10.0 Å². The van der Waals surface area contributed by atoms with Gasteiger partial charge in [0.2, 0.25) is 10.0 Å². The third-order valence-electron chi connectivity index (χ3n) is 4.02. The number of nitrogens with zero attached hydrogens (tertiary/aromatic N) is 2. The molecule has 21 heavy (non-hydrogen) atoms. The fraction of sp³-hybridized carbons (Fsp3) is 0.500. The number of benzene rings is 1. The summed E-state index contributed by atoms with van der Waals surface area (Å²) >= 11 is 0. The lowest BCUT2D eigenvalue weighted by Crippen LogP contribution is -2.37. The Hall–Kier alpha value is -1.17. The fourth-order valence-electron chi connectivity index (χ4n) is 2.54. The van der Waals surface area contributed by atoms with Crippen molar-refractivity contribution in [1.29, 1.82) is 0 Å². The summed E-state index contributed by atoms with van der Waals surface area (Å²) in [7, 11) is 0.448. The molecule has 0 unspecified atom stereocenters. The van der Waals surface area contributed by atoms with Crippen LogP contribution in [-0.4, -0.2) is 51.4 Å². The van der Waals surface area contributed by atoms with E-state index in [1.54, 1.807) is 13.1 Å². The Morgan fingerprint density at radius 3 is 2.48 bits per heavy atom. The molecule has 5 heteroatoms. The molecule has 0 atom stereocenters. The molecule has 0 aromatic heterocycles. The molecule has 0 saturated carbocycles. The van der Waals surface area contributed by atoms with E-state index in [1.807, 2.05) is 30.3 Å². The normalized spacial score (nSPS) is 18.6. The van der Waals surface area contributed by atoms with E-state index in [4.69, 9.17) is 0 Å². The maximum Gasteiger partial charge on any atom is 0.235 e. The van der Waals surface area contributed by atoms with E-state index in [9.17, 15) is 8.42 Å². The molecule has 116 valence electrons. The SMILES string of the molecule is CN1CCC(CN(C)S(=O)(=O)C=Cc2ccccc2)CC1. The molecular formula is C16H24N2O2S. The van der Waals surface area contributed by atoms with E-state index in [1.165, 1.54) is 9.71 Å². The van der Waals surface area contributed by atoms with Crippen LogP contribution in [0.2, 0.25) is 0 Å². The molecule has 0 N–H and O–H groups in total. The van der Waals surface area contributed by atoms with Crippen LogP contribution in [0, 0.1) is 5.92 Å². The Bertz CT molecular complexity index is 561. The standard InChI is InChI=1S/C16H24N2O2S/c1-17-11-8-16(9-12-17)14-18(2)21(19,20)13-10-15-6-4-3-5-7-15/h3-7,10,13,16H,8-9,11-12,14H2,1-2H3. The minimum absolute atomic E-state index is 0.464. The van der Waals surface area contributed by atoms with Crippen LogP contribution in [0.4, 0.5) is 0 Å². The average Bonchev–Trinajstić information content (AvgIpc) is 2.48. The second kappa shape index (κ2) is 7.20. The molecule has 1 aromatic rings. The van der Waals surface area contributed by atoms with Crippen molar-refractivity contribution in [3.8, 4) is 0 Å². The summed E-state index contributed by atoms with van der Waals surface area (Å²) in [6, 6.07) is 9.49. The number of piperidine rings is 1. The lowest BCUT2D eigenvalue weighted by molar-refractivity contribution is 0.202. The van der Waals surface area contributed by atoms with E-state index in [0.29, 0.717) is 12.5 Å². The molecule has 1 aliphatic rings. The zero-order chi connectivity index (χ0) is 15.3. The molecular weight excluding hydrogens is 284 g/mol.